The van der Waals surface area contributed by atoms with Gasteiger partial charge in [-0.15, -0.1) is 0 Å². The summed E-state index contributed by atoms with van der Waals surface area (Å²) in [5.74, 6) is -0.753. The molecular weight excluding hydrogens is 405 g/mol. The van der Waals surface area contributed by atoms with Crippen LogP contribution in [-0.4, -0.2) is 26.7 Å². The maximum absolute atomic E-state index is 13.1. The van der Waals surface area contributed by atoms with Crippen LogP contribution in [0.4, 0.5) is 4.39 Å². The molecule has 2 N–H and O–H groups in total. The summed E-state index contributed by atoms with van der Waals surface area (Å²) in [5.41, 5.74) is 1.48. The van der Waals surface area contributed by atoms with E-state index >= 15 is 0 Å². The fraction of sp³-hybridized carbons (Fsp3) is 0.158. The third-order valence-electron chi connectivity index (χ3n) is 4.12. The van der Waals surface area contributed by atoms with E-state index in [1.807, 2.05) is 6.07 Å². The number of carbonyl (C=O) groups is 1. The molecule has 2 aromatic carbocycles. The Balaban J connectivity index is 1.73. The molecule has 0 aliphatic carbocycles. The number of benzene rings is 2. The Morgan fingerprint density at radius 3 is 2.54 bits per heavy atom. The van der Waals surface area contributed by atoms with Crippen LogP contribution in [0.15, 0.2) is 59.1 Å². The third-order valence-corrected chi connectivity index (χ3v) is 6.03. The van der Waals surface area contributed by atoms with Gasteiger partial charge in [0.05, 0.1) is 0 Å². The van der Waals surface area contributed by atoms with Gasteiger partial charge in [-0.25, -0.2) is 12.8 Å². The van der Waals surface area contributed by atoms with Crippen LogP contribution >= 0.6 is 11.6 Å². The Bertz CT molecular complexity index is 1080. The highest BCUT2D eigenvalue weighted by Crippen LogP contribution is 2.29. The van der Waals surface area contributed by atoms with Gasteiger partial charge in [-0.3, -0.25) is 14.5 Å². The van der Waals surface area contributed by atoms with Crippen LogP contribution in [-0.2, 0) is 21.4 Å². The van der Waals surface area contributed by atoms with E-state index in [0.717, 1.165) is 5.56 Å². The van der Waals surface area contributed by atoms with Crippen molar-refractivity contribution in [2.24, 2.45) is 4.99 Å². The van der Waals surface area contributed by atoms with Gasteiger partial charge in [0.25, 0.3) is 10.0 Å². The van der Waals surface area contributed by atoms with E-state index in [9.17, 15) is 17.6 Å². The zero-order valence-electron chi connectivity index (χ0n) is 14.9. The minimum absolute atomic E-state index is 0.0164. The van der Waals surface area contributed by atoms with Crippen LogP contribution in [0.2, 0.25) is 5.02 Å². The Labute approximate surface area is 167 Å². The lowest BCUT2D eigenvalue weighted by molar-refractivity contribution is -0.119. The number of halogens is 2. The minimum Gasteiger partial charge on any atom is -0.350 e. The van der Waals surface area contributed by atoms with E-state index in [1.54, 1.807) is 25.1 Å². The van der Waals surface area contributed by atoms with Gasteiger partial charge in [-0.1, -0.05) is 41.9 Å². The second kappa shape index (κ2) is 8.12. The number of aliphatic imine (C=N–C) groups is 1. The third kappa shape index (κ3) is 4.40. The van der Waals surface area contributed by atoms with Crippen LogP contribution in [0, 0.1) is 5.82 Å². The molecule has 1 heterocycles. The largest absolute Gasteiger partial charge is 0.350 e. The highest BCUT2D eigenvalue weighted by molar-refractivity contribution is 8.00. The van der Waals surface area contributed by atoms with E-state index in [0.29, 0.717) is 16.2 Å². The summed E-state index contributed by atoms with van der Waals surface area (Å²) in [5, 5.41) is 3.23. The van der Waals surface area contributed by atoms with Gasteiger partial charge in [0, 0.05) is 17.1 Å². The summed E-state index contributed by atoms with van der Waals surface area (Å²) in [4.78, 5) is 16.1. The predicted molar refractivity (Wildman–Crippen MR) is 107 cm³/mol. The molecule has 0 bridgehead atoms. The lowest BCUT2D eigenvalue weighted by atomic mass is 10.1. The molecule has 0 saturated heterocycles. The summed E-state index contributed by atoms with van der Waals surface area (Å²) < 4.78 is 40.3. The average Bonchev–Trinajstić information content (AvgIpc) is 2.88. The van der Waals surface area contributed by atoms with E-state index in [1.165, 1.54) is 24.3 Å². The van der Waals surface area contributed by atoms with Crippen molar-refractivity contribution in [3.8, 4) is 0 Å². The van der Waals surface area contributed by atoms with Crippen LogP contribution in [0.1, 0.15) is 18.1 Å². The number of amidine groups is 1. The Kier molecular flexibility index (Phi) is 5.81. The first-order chi connectivity index (χ1) is 13.3. The quantitative estimate of drug-likeness (QED) is 0.778. The molecule has 0 spiro atoms. The number of amides is 1. The molecule has 0 fully saturated rings. The molecule has 28 heavy (non-hydrogen) atoms. The molecule has 3 rings (SSSR count). The van der Waals surface area contributed by atoms with E-state index in [4.69, 9.17) is 11.6 Å². The van der Waals surface area contributed by atoms with Crippen LogP contribution < -0.4 is 10.0 Å². The van der Waals surface area contributed by atoms with Gasteiger partial charge in [0.15, 0.2) is 0 Å². The number of nitrogens with zero attached hydrogens (tertiary/aromatic N) is 1. The van der Waals surface area contributed by atoms with Crippen molar-refractivity contribution in [3.63, 3.8) is 0 Å². The molecule has 1 amide bonds. The fourth-order valence-corrected chi connectivity index (χ4v) is 4.45. The first kappa shape index (κ1) is 20.0. The number of rotatable bonds is 5. The van der Waals surface area contributed by atoms with Gasteiger partial charge < -0.3 is 5.32 Å². The van der Waals surface area contributed by atoms with Crippen LogP contribution in [0.5, 0.6) is 0 Å². The zero-order chi connectivity index (χ0) is 20.3. The molecule has 9 heteroatoms. The van der Waals surface area contributed by atoms with Crippen LogP contribution in [0.25, 0.3) is 4.91 Å². The molecule has 0 aromatic heterocycles. The summed E-state index contributed by atoms with van der Waals surface area (Å²) in [6.07, 6.45) is 0. The summed E-state index contributed by atoms with van der Waals surface area (Å²) in [6, 6.07) is 12.2. The molecule has 146 valence electrons. The number of nitrogens with one attached hydrogen (secondary N) is 2. The molecular formula is C19H17ClFN3O3S. The molecule has 6 nitrogen and oxygen atoms in total. The molecule has 1 aliphatic heterocycles. The maximum atomic E-state index is 13.1. The van der Waals surface area contributed by atoms with Gasteiger partial charge >= 0.3 is 0 Å². The normalized spacial score (nSPS) is 16.9. The molecule has 0 atom stereocenters. The van der Waals surface area contributed by atoms with Crippen molar-refractivity contribution in [1.82, 2.24) is 10.0 Å². The summed E-state index contributed by atoms with van der Waals surface area (Å²) in [6.45, 7) is 1.57. The fourth-order valence-electron chi connectivity index (χ4n) is 2.73. The first-order valence-corrected chi connectivity index (χ1v) is 10.2. The minimum atomic E-state index is -3.83. The molecule has 2 aromatic rings. The lowest BCUT2D eigenvalue weighted by Crippen LogP contribution is -2.28. The first-order valence-electron chi connectivity index (χ1n) is 8.32. The summed E-state index contributed by atoms with van der Waals surface area (Å²) in [7, 11) is -3.83. The average molecular weight is 422 g/mol. The lowest BCUT2D eigenvalue weighted by Gasteiger charge is -2.06. The van der Waals surface area contributed by atoms with Crippen molar-refractivity contribution in [2.75, 3.05) is 6.54 Å². The van der Waals surface area contributed by atoms with Crippen molar-refractivity contribution in [3.05, 3.63) is 76.1 Å². The number of hydrogen-bond donors (Lipinski definition) is 2. The smallest absolute Gasteiger partial charge is 0.264 e. The molecule has 0 radical (unpaired) electrons. The Hall–Kier alpha value is -2.71. The standard InChI is InChI=1S/C19H17ClFN3O3S/c1-12-18(13-6-8-15(21)9-7-13)28(26,27)24-19(12)23-11-17(25)22-10-14-4-2-3-5-16(14)20/h2-9H,10-11H2,1H3,(H,22,25)(H,23,24). The molecule has 1 aliphatic rings. The van der Waals surface area contributed by atoms with E-state index in [-0.39, 0.29) is 29.7 Å². The van der Waals surface area contributed by atoms with Crippen molar-refractivity contribution in [1.29, 1.82) is 0 Å². The van der Waals surface area contributed by atoms with Gasteiger partial charge in [0.1, 0.15) is 23.1 Å². The van der Waals surface area contributed by atoms with E-state index < -0.39 is 15.8 Å². The molecule has 0 unspecified atom stereocenters. The predicted octanol–water partition coefficient (Wildman–Crippen LogP) is 2.86. The van der Waals surface area contributed by atoms with Crippen molar-refractivity contribution < 1.29 is 17.6 Å². The topological polar surface area (TPSA) is 87.6 Å². The SMILES string of the molecule is CC1=C(c2ccc(F)cc2)S(=O)(=O)NC1=NCC(=O)NCc1ccccc1Cl. The highest BCUT2D eigenvalue weighted by Gasteiger charge is 2.32. The van der Waals surface area contributed by atoms with Crippen LogP contribution in [0.3, 0.4) is 0 Å². The van der Waals surface area contributed by atoms with Crippen molar-refractivity contribution in [2.45, 2.75) is 13.5 Å². The second-order valence-electron chi connectivity index (χ2n) is 6.10. The number of carbonyl (C=O) groups excluding carboxylic acids is 1. The highest BCUT2D eigenvalue weighted by atomic mass is 35.5. The van der Waals surface area contributed by atoms with E-state index in [2.05, 4.69) is 15.0 Å². The molecule has 0 saturated carbocycles. The zero-order valence-corrected chi connectivity index (χ0v) is 16.4. The Morgan fingerprint density at radius 2 is 1.86 bits per heavy atom. The summed E-state index contributed by atoms with van der Waals surface area (Å²) >= 11 is 6.04. The van der Waals surface area contributed by atoms with Gasteiger partial charge in [-0.05, 0) is 36.2 Å². The number of hydrogen-bond acceptors (Lipinski definition) is 4. The van der Waals surface area contributed by atoms with Crippen molar-refractivity contribution >= 4 is 38.3 Å². The second-order valence-corrected chi connectivity index (χ2v) is 8.13. The maximum Gasteiger partial charge on any atom is 0.264 e. The Morgan fingerprint density at radius 1 is 1.18 bits per heavy atom. The van der Waals surface area contributed by atoms with Gasteiger partial charge in [-0.2, -0.15) is 0 Å². The number of sulfonamides is 1. The van der Waals surface area contributed by atoms with Gasteiger partial charge in [0.2, 0.25) is 5.91 Å². The monoisotopic (exact) mass is 421 g/mol.